The van der Waals surface area contributed by atoms with Crippen molar-refractivity contribution >= 4 is 17.7 Å². The minimum atomic E-state index is -0.968. The highest BCUT2D eigenvalue weighted by Crippen LogP contribution is 2.16. The number of carbonyl (C=O) groups is 1. The van der Waals surface area contributed by atoms with Gasteiger partial charge < -0.3 is 15.3 Å². The smallest absolute Gasteiger partial charge is 0.328 e. The maximum Gasteiger partial charge on any atom is 0.328 e. The third kappa shape index (κ3) is 4.21. The number of nitrogens with zero attached hydrogens (tertiary/aromatic N) is 1. The van der Waals surface area contributed by atoms with Crippen molar-refractivity contribution < 1.29 is 14.6 Å². The molecule has 0 bridgehead atoms. The largest absolute Gasteiger partial charge is 0.487 e. The molecule has 0 aliphatic carbocycles. The Bertz CT molecular complexity index is 782. The predicted molar refractivity (Wildman–Crippen MR) is 90.8 cm³/mol. The number of rotatable bonds is 6. The predicted octanol–water partition coefficient (Wildman–Crippen LogP) is 2.21. The van der Waals surface area contributed by atoms with E-state index in [1.54, 1.807) is 12.3 Å². The van der Waals surface area contributed by atoms with Crippen LogP contribution in [-0.4, -0.2) is 22.6 Å². The van der Waals surface area contributed by atoms with E-state index < -0.39 is 5.97 Å². The van der Waals surface area contributed by atoms with Crippen LogP contribution in [0.5, 0.6) is 5.75 Å². The minimum absolute atomic E-state index is 0.387. The molecule has 122 valence electrons. The molecule has 6 heteroatoms. The summed E-state index contributed by atoms with van der Waals surface area (Å²) in [6.45, 7) is 1.17. The second kappa shape index (κ2) is 7.43. The fourth-order valence-corrected chi connectivity index (χ4v) is 2.26. The summed E-state index contributed by atoms with van der Waals surface area (Å²) in [5.41, 5.74) is 9.62. The van der Waals surface area contributed by atoms with Gasteiger partial charge in [-0.05, 0) is 41.5 Å². The van der Waals surface area contributed by atoms with Crippen LogP contribution in [0.4, 0.5) is 0 Å². The van der Waals surface area contributed by atoms with Crippen LogP contribution in [0.3, 0.4) is 0 Å². The van der Waals surface area contributed by atoms with Crippen molar-refractivity contribution in [2.45, 2.75) is 6.61 Å². The standard InChI is InChI=1S/C18H17N3O3/c22-18(23)7-4-13-2-1-3-14(10-13)12-24-15-5-6-16(19-11-15)17-8-9-20-21-17/h1-8,10-11,20-21H,9,12H2,(H,22,23)/b7-4+. The summed E-state index contributed by atoms with van der Waals surface area (Å²) in [4.78, 5) is 14.9. The monoisotopic (exact) mass is 323 g/mol. The molecule has 0 spiro atoms. The number of hydrazine groups is 1. The summed E-state index contributed by atoms with van der Waals surface area (Å²) in [5.74, 6) is -0.290. The first-order valence-electron chi connectivity index (χ1n) is 7.49. The van der Waals surface area contributed by atoms with Crippen molar-refractivity contribution in [3.8, 4) is 5.75 Å². The fourth-order valence-electron chi connectivity index (χ4n) is 2.26. The molecule has 3 N–H and O–H groups in total. The summed E-state index contributed by atoms with van der Waals surface area (Å²) in [6, 6.07) is 11.3. The van der Waals surface area contributed by atoms with Gasteiger partial charge in [0.1, 0.15) is 12.4 Å². The lowest BCUT2D eigenvalue weighted by Gasteiger charge is -2.08. The molecule has 0 radical (unpaired) electrons. The molecule has 0 atom stereocenters. The van der Waals surface area contributed by atoms with Crippen LogP contribution in [0.25, 0.3) is 11.8 Å². The average Bonchev–Trinajstić information content (AvgIpc) is 3.14. The molecule has 1 aliphatic rings. The number of carboxylic acid groups (broad SMARTS) is 1. The number of hydrogen-bond donors (Lipinski definition) is 3. The number of nitrogens with one attached hydrogen (secondary N) is 2. The van der Waals surface area contributed by atoms with Crippen LogP contribution in [0.2, 0.25) is 0 Å². The molecule has 0 fully saturated rings. The fraction of sp³-hybridized carbons (Fsp3) is 0.111. The Balaban J connectivity index is 1.61. The summed E-state index contributed by atoms with van der Waals surface area (Å²) < 4.78 is 5.73. The van der Waals surface area contributed by atoms with Crippen LogP contribution >= 0.6 is 0 Å². The minimum Gasteiger partial charge on any atom is -0.487 e. The molecule has 2 heterocycles. The van der Waals surface area contributed by atoms with Gasteiger partial charge in [-0.3, -0.25) is 4.98 Å². The summed E-state index contributed by atoms with van der Waals surface area (Å²) >= 11 is 0. The van der Waals surface area contributed by atoms with Crippen molar-refractivity contribution in [1.29, 1.82) is 0 Å². The molecule has 24 heavy (non-hydrogen) atoms. The van der Waals surface area contributed by atoms with Gasteiger partial charge in [-0.25, -0.2) is 10.2 Å². The third-order valence-electron chi connectivity index (χ3n) is 3.42. The van der Waals surface area contributed by atoms with Crippen molar-refractivity contribution in [2.24, 2.45) is 0 Å². The third-order valence-corrected chi connectivity index (χ3v) is 3.42. The number of ether oxygens (including phenoxy) is 1. The molecule has 1 aromatic carbocycles. The molecule has 0 saturated heterocycles. The van der Waals surface area contributed by atoms with E-state index in [1.165, 1.54) is 0 Å². The number of aliphatic carboxylic acids is 1. The van der Waals surface area contributed by atoms with Crippen molar-refractivity contribution in [1.82, 2.24) is 15.8 Å². The van der Waals surface area contributed by atoms with Crippen LogP contribution in [-0.2, 0) is 11.4 Å². The first kappa shape index (κ1) is 15.8. The average molecular weight is 323 g/mol. The molecule has 1 aromatic heterocycles. The van der Waals surface area contributed by atoms with E-state index in [0.717, 1.165) is 35.1 Å². The lowest BCUT2D eigenvalue weighted by molar-refractivity contribution is -0.131. The normalized spacial score (nSPS) is 13.6. The number of carboxylic acids is 1. The topological polar surface area (TPSA) is 83.5 Å². The maximum absolute atomic E-state index is 10.6. The first-order chi connectivity index (χ1) is 11.7. The molecular weight excluding hydrogens is 306 g/mol. The molecule has 0 amide bonds. The Morgan fingerprint density at radius 3 is 2.96 bits per heavy atom. The number of benzene rings is 1. The molecule has 0 saturated carbocycles. The Labute approximate surface area is 139 Å². The molecule has 2 aromatic rings. The molecule has 0 unspecified atom stereocenters. The Hall–Kier alpha value is -3.12. The van der Waals surface area contributed by atoms with Gasteiger partial charge in [0.2, 0.25) is 0 Å². The van der Waals surface area contributed by atoms with Gasteiger partial charge in [-0.15, -0.1) is 0 Å². The van der Waals surface area contributed by atoms with Crippen molar-refractivity contribution in [3.63, 3.8) is 0 Å². The second-order valence-corrected chi connectivity index (χ2v) is 5.21. The van der Waals surface area contributed by atoms with Crippen LogP contribution in [0.15, 0.2) is 54.7 Å². The SMILES string of the molecule is O=C(O)/C=C/c1cccc(COc2ccc(C3=CCNN3)nc2)c1. The summed E-state index contributed by atoms with van der Waals surface area (Å²) in [7, 11) is 0. The van der Waals surface area contributed by atoms with Crippen LogP contribution in [0.1, 0.15) is 16.8 Å². The summed E-state index contributed by atoms with van der Waals surface area (Å²) in [5, 5.41) is 8.67. The van der Waals surface area contributed by atoms with Crippen LogP contribution in [0, 0.1) is 0 Å². The van der Waals surface area contributed by atoms with E-state index >= 15 is 0 Å². The highest BCUT2D eigenvalue weighted by molar-refractivity contribution is 5.85. The van der Waals surface area contributed by atoms with Gasteiger partial charge in [0, 0.05) is 12.6 Å². The Morgan fingerprint density at radius 1 is 1.33 bits per heavy atom. The number of hydrogen-bond acceptors (Lipinski definition) is 5. The van der Waals surface area contributed by atoms with Crippen LogP contribution < -0.4 is 15.6 Å². The Kier molecular flexibility index (Phi) is 4.88. The van der Waals surface area contributed by atoms with Gasteiger partial charge in [-0.2, -0.15) is 0 Å². The molecule has 3 rings (SSSR count). The van der Waals surface area contributed by atoms with Gasteiger partial charge in [-0.1, -0.05) is 18.2 Å². The highest BCUT2D eigenvalue weighted by Gasteiger charge is 2.07. The summed E-state index contributed by atoms with van der Waals surface area (Å²) in [6.07, 6.45) is 6.38. The number of pyridine rings is 1. The van der Waals surface area contributed by atoms with Crippen molar-refractivity contribution in [2.75, 3.05) is 6.54 Å². The molecule has 1 aliphatic heterocycles. The van der Waals surface area contributed by atoms with E-state index in [9.17, 15) is 4.79 Å². The van der Waals surface area contributed by atoms with E-state index in [0.29, 0.717) is 12.4 Å². The number of aromatic nitrogens is 1. The highest BCUT2D eigenvalue weighted by atomic mass is 16.5. The lowest BCUT2D eigenvalue weighted by atomic mass is 10.1. The lowest BCUT2D eigenvalue weighted by Crippen LogP contribution is -2.23. The van der Waals surface area contributed by atoms with E-state index in [4.69, 9.17) is 9.84 Å². The first-order valence-corrected chi connectivity index (χ1v) is 7.49. The van der Waals surface area contributed by atoms with Gasteiger partial charge >= 0.3 is 5.97 Å². The van der Waals surface area contributed by atoms with Gasteiger partial charge in [0.05, 0.1) is 17.6 Å². The van der Waals surface area contributed by atoms with E-state index in [-0.39, 0.29) is 0 Å². The molecular formula is C18H17N3O3. The van der Waals surface area contributed by atoms with Crippen molar-refractivity contribution in [3.05, 3.63) is 71.6 Å². The quantitative estimate of drug-likeness (QED) is 0.707. The second-order valence-electron chi connectivity index (χ2n) is 5.21. The van der Waals surface area contributed by atoms with E-state index in [2.05, 4.69) is 15.8 Å². The van der Waals surface area contributed by atoms with Gasteiger partial charge in [0.25, 0.3) is 0 Å². The zero-order valence-corrected chi connectivity index (χ0v) is 12.9. The Morgan fingerprint density at radius 2 is 2.25 bits per heavy atom. The zero-order chi connectivity index (χ0) is 16.8. The zero-order valence-electron chi connectivity index (χ0n) is 12.9. The molecule has 6 nitrogen and oxygen atoms in total. The van der Waals surface area contributed by atoms with Gasteiger partial charge in [0.15, 0.2) is 0 Å². The maximum atomic E-state index is 10.6. The van der Waals surface area contributed by atoms with E-state index in [1.807, 2.05) is 42.5 Å².